The molecular formula is C11H12N6O. The van der Waals surface area contributed by atoms with Gasteiger partial charge in [0.05, 0.1) is 0 Å². The fraction of sp³-hybridized carbons (Fsp3) is 0.273. The molecule has 0 fully saturated rings. The highest BCUT2D eigenvalue weighted by atomic mass is 16.2. The first kappa shape index (κ1) is 10.8. The van der Waals surface area contributed by atoms with Crippen LogP contribution < -0.4 is 10.6 Å². The van der Waals surface area contributed by atoms with Crippen molar-refractivity contribution in [3.8, 4) is 0 Å². The lowest BCUT2D eigenvalue weighted by atomic mass is 10.0. The lowest BCUT2D eigenvalue weighted by Crippen LogP contribution is -2.24. The summed E-state index contributed by atoms with van der Waals surface area (Å²) in [6.07, 6.45) is 1.02. The molecule has 0 unspecified atom stereocenters. The van der Waals surface area contributed by atoms with E-state index in [0.717, 1.165) is 25.2 Å². The summed E-state index contributed by atoms with van der Waals surface area (Å²) < 4.78 is 0. The number of hydrogen-bond acceptors (Lipinski definition) is 5. The van der Waals surface area contributed by atoms with Crippen molar-refractivity contribution in [2.24, 2.45) is 0 Å². The Labute approximate surface area is 103 Å². The Balaban J connectivity index is 1.79. The number of nitrogens with zero attached hydrogens (tertiary/aromatic N) is 3. The third-order valence-electron chi connectivity index (χ3n) is 2.90. The molecule has 7 heteroatoms. The van der Waals surface area contributed by atoms with Crippen molar-refractivity contribution in [1.29, 1.82) is 0 Å². The van der Waals surface area contributed by atoms with Gasteiger partial charge < -0.3 is 10.6 Å². The van der Waals surface area contributed by atoms with Gasteiger partial charge in [-0.05, 0) is 41.4 Å². The summed E-state index contributed by atoms with van der Waals surface area (Å²) in [7, 11) is 0. The van der Waals surface area contributed by atoms with Crippen molar-refractivity contribution >= 4 is 11.6 Å². The highest BCUT2D eigenvalue weighted by Gasteiger charge is 2.13. The molecule has 1 aromatic carbocycles. The molecule has 1 aromatic heterocycles. The van der Waals surface area contributed by atoms with Crippen molar-refractivity contribution < 1.29 is 4.79 Å². The highest BCUT2D eigenvalue weighted by molar-refractivity contribution is 6.01. The molecule has 0 saturated heterocycles. The molecule has 1 amide bonds. The van der Waals surface area contributed by atoms with Crippen LogP contribution in [0.2, 0.25) is 0 Å². The van der Waals surface area contributed by atoms with Gasteiger partial charge in [-0.2, -0.15) is 5.21 Å². The summed E-state index contributed by atoms with van der Waals surface area (Å²) in [6, 6.07) is 5.91. The Morgan fingerprint density at radius 1 is 1.33 bits per heavy atom. The number of carbonyl (C=O) groups is 1. The van der Waals surface area contributed by atoms with Gasteiger partial charge >= 0.3 is 0 Å². The molecule has 7 nitrogen and oxygen atoms in total. The van der Waals surface area contributed by atoms with Crippen LogP contribution in [0.1, 0.15) is 21.7 Å². The topological polar surface area (TPSA) is 95.6 Å². The van der Waals surface area contributed by atoms with Crippen LogP contribution in [-0.2, 0) is 13.0 Å². The molecule has 0 saturated carbocycles. The number of rotatable bonds is 2. The molecule has 92 valence electrons. The fourth-order valence-electron chi connectivity index (χ4n) is 2.00. The second-order valence-electron chi connectivity index (χ2n) is 4.10. The van der Waals surface area contributed by atoms with Crippen molar-refractivity contribution in [2.45, 2.75) is 13.0 Å². The maximum atomic E-state index is 11.7. The molecule has 1 aliphatic rings. The van der Waals surface area contributed by atoms with E-state index < -0.39 is 0 Å². The zero-order chi connectivity index (χ0) is 12.4. The van der Waals surface area contributed by atoms with E-state index in [2.05, 4.69) is 31.3 Å². The number of tetrazole rings is 1. The van der Waals surface area contributed by atoms with Gasteiger partial charge in [-0.3, -0.25) is 4.79 Å². The number of aromatic amines is 1. The van der Waals surface area contributed by atoms with Gasteiger partial charge in [0, 0.05) is 12.2 Å². The molecule has 18 heavy (non-hydrogen) atoms. The third-order valence-corrected chi connectivity index (χ3v) is 2.90. The Bertz CT molecular complexity index is 565. The molecule has 3 N–H and O–H groups in total. The maximum Gasteiger partial charge on any atom is 0.297 e. The van der Waals surface area contributed by atoms with E-state index in [0.29, 0.717) is 0 Å². The van der Waals surface area contributed by atoms with Crippen LogP contribution in [0.4, 0.5) is 5.69 Å². The number of amides is 1. The average Bonchev–Trinajstić information content (AvgIpc) is 2.92. The molecule has 0 radical (unpaired) electrons. The minimum atomic E-state index is -0.368. The monoisotopic (exact) mass is 244 g/mol. The molecule has 0 atom stereocenters. The van der Waals surface area contributed by atoms with Crippen molar-refractivity contribution in [3.63, 3.8) is 0 Å². The van der Waals surface area contributed by atoms with E-state index in [4.69, 9.17) is 0 Å². The number of aromatic nitrogens is 4. The molecular weight excluding hydrogens is 232 g/mol. The second-order valence-corrected chi connectivity index (χ2v) is 4.10. The molecule has 0 bridgehead atoms. The van der Waals surface area contributed by atoms with Crippen LogP contribution in [0.15, 0.2) is 18.2 Å². The Morgan fingerprint density at radius 3 is 3.11 bits per heavy atom. The van der Waals surface area contributed by atoms with E-state index in [9.17, 15) is 4.79 Å². The predicted molar refractivity (Wildman–Crippen MR) is 64.0 cm³/mol. The highest BCUT2D eigenvalue weighted by Crippen LogP contribution is 2.19. The summed E-state index contributed by atoms with van der Waals surface area (Å²) in [5.41, 5.74) is 3.28. The number of nitrogens with one attached hydrogen (secondary N) is 3. The van der Waals surface area contributed by atoms with E-state index in [1.165, 1.54) is 11.1 Å². The standard InChI is InChI=1S/C11H12N6O/c18-11(10-14-16-17-15-10)13-9-2-1-7-3-4-12-6-8(7)5-9/h1-2,5,12H,3-4,6H2,(H,13,18)(H,14,15,16,17). The summed E-state index contributed by atoms with van der Waals surface area (Å²) in [5.74, 6) is -0.335. The molecule has 2 aromatic rings. The van der Waals surface area contributed by atoms with Crippen molar-refractivity contribution in [1.82, 2.24) is 25.9 Å². The lowest BCUT2D eigenvalue weighted by molar-refractivity contribution is 0.101. The van der Waals surface area contributed by atoms with E-state index in [1.54, 1.807) is 0 Å². The number of anilines is 1. The Hall–Kier alpha value is -2.28. The van der Waals surface area contributed by atoms with Gasteiger partial charge in [0.1, 0.15) is 0 Å². The van der Waals surface area contributed by atoms with Gasteiger partial charge in [0.15, 0.2) is 0 Å². The van der Waals surface area contributed by atoms with Crippen LogP contribution >= 0.6 is 0 Å². The largest absolute Gasteiger partial charge is 0.319 e. The van der Waals surface area contributed by atoms with Crippen molar-refractivity contribution in [2.75, 3.05) is 11.9 Å². The lowest BCUT2D eigenvalue weighted by Gasteiger charge is -2.17. The first-order chi connectivity index (χ1) is 8.83. The van der Waals surface area contributed by atoms with Crippen LogP contribution in [0.25, 0.3) is 0 Å². The van der Waals surface area contributed by atoms with Crippen LogP contribution in [0, 0.1) is 0 Å². The minimum Gasteiger partial charge on any atom is -0.319 e. The van der Waals surface area contributed by atoms with E-state index >= 15 is 0 Å². The second kappa shape index (κ2) is 4.53. The van der Waals surface area contributed by atoms with Gasteiger partial charge in [0.25, 0.3) is 11.7 Å². The fourth-order valence-corrected chi connectivity index (χ4v) is 2.00. The molecule has 2 heterocycles. The van der Waals surface area contributed by atoms with Gasteiger partial charge in [-0.15, -0.1) is 10.2 Å². The SMILES string of the molecule is O=C(Nc1ccc2c(c1)CNCC2)c1nn[nH]n1. The molecule has 3 rings (SSSR count). The number of carbonyl (C=O) groups excluding carboxylic acids is 1. The van der Waals surface area contributed by atoms with Crippen molar-refractivity contribution in [3.05, 3.63) is 35.2 Å². The predicted octanol–water partition coefficient (Wildman–Crippen LogP) is 0.0977. The van der Waals surface area contributed by atoms with Crippen LogP contribution in [-0.4, -0.2) is 33.1 Å². The summed E-state index contributed by atoms with van der Waals surface area (Å²) >= 11 is 0. The number of hydrogen-bond donors (Lipinski definition) is 3. The van der Waals surface area contributed by atoms with E-state index in [-0.39, 0.29) is 11.7 Å². The number of benzene rings is 1. The zero-order valence-electron chi connectivity index (χ0n) is 9.60. The number of H-pyrrole nitrogens is 1. The van der Waals surface area contributed by atoms with Crippen LogP contribution in [0.5, 0.6) is 0 Å². The first-order valence-electron chi connectivity index (χ1n) is 5.70. The smallest absolute Gasteiger partial charge is 0.297 e. The summed E-state index contributed by atoms with van der Waals surface area (Å²) in [5, 5.41) is 18.9. The maximum absolute atomic E-state index is 11.7. The van der Waals surface area contributed by atoms with E-state index in [1.807, 2.05) is 18.2 Å². The van der Waals surface area contributed by atoms with Gasteiger partial charge in [-0.1, -0.05) is 6.07 Å². The molecule has 0 spiro atoms. The molecule has 0 aliphatic carbocycles. The number of fused-ring (bicyclic) bond motifs is 1. The van der Waals surface area contributed by atoms with Gasteiger partial charge in [-0.25, -0.2) is 0 Å². The first-order valence-corrected chi connectivity index (χ1v) is 5.70. The third kappa shape index (κ3) is 2.07. The Morgan fingerprint density at radius 2 is 2.28 bits per heavy atom. The average molecular weight is 244 g/mol. The normalized spacial score (nSPS) is 14.0. The summed E-state index contributed by atoms with van der Waals surface area (Å²) in [4.78, 5) is 11.7. The minimum absolute atomic E-state index is 0.0332. The van der Waals surface area contributed by atoms with Gasteiger partial charge in [0.2, 0.25) is 0 Å². The molecule has 1 aliphatic heterocycles. The quantitative estimate of drug-likeness (QED) is 0.696. The Kier molecular flexibility index (Phi) is 2.73. The zero-order valence-corrected chi connectivity index (χ0v) is 9.60. The van der Waals surface area contributed by atoms with Crippen LogP contribution in [0.3, 0.4) is 0 Å². The summed E-state index contributed by atoms with van der Waals surface area (Å²) in [6.45, 7) is 1.84.